The van der Waals surface area contributed by atoms with Crippen molar-refractivity contribution in [2.75, 3.05) is 12.4 Å². The Hall–Kier alpha value is -1.43. The first kappa shape index (κ1) is 14.0. The summed E-state index contributed by atoms with van der Waals surface area (Å²) < 4.78 is 2.82. The summed E-state index contributed by atoms with van der Waals surface area (Å²) in [5.41, 5.74) is 1.98. The van der Waals surface area contributed by atoms with Crippen molar-refractivity contribution in [2.45, 2.75) is 33.2 Å². The number of hydrogen-bond acceptors (Lipinski definition) is 4. The number of nitrogens with one attached hydrogen (secondary N) is 1. The van der Waals surface area contributed by atoms with Crippen molar-refractivity contribution in [3.63, 3.8) is 0 Å². The van der Waals surface area contributed by atoms with Crippen LogP contribution in [0.2, 0.25) is 0 Å². The quantitative estimate of drug-likeness (QED) is 0.918. The molecule has 0 aliphatic carbocycles. The molecule has 102 valence electrons. The zero-order chi connectivity index (χ0) is 13.8. The van der Waals surface area contributed by atoms with E-state index in [0.717, 1.165) is 46.8 Å². The van der Waals surface area contributed by atoms with E-state index in [1.165, 1.54) is 0 Å². The summed E-state index contributed by atoms with van der Waals surface area (Å²) in [5, 5.41) is 7.37. The van der Waals surface area contributed by atoms with Gasteiger partial charge in [0, 0.05) is 19.8 Å². The predicted octanol–water partition coefficient (Wildman–Crippen LogP) is 3.12. The van der Waals surface area contributed by atoms with Gasteiger partial charge in [-0.1, -0.05) is 13.3 Å². The lowest BCUT2D eigenvalue weighted by atomic mass is 10.2. The molecule has 0 aliphatic rings. The number of hydrogen-bond donors (Lipinski definition) is 1. The van der Waals surface area contributed by atoms with E-state index in [0.29, 0.717) is 0 Å². The number of nitrogens with zero attached hydrogens (tertiary/aromatic N) is 4. The molecule has 0 radical (unpaired) electrons. The Balaban J connectivity index is 2.47. The van der Waals surface area contributed by atoms with Gasteiger partial charge in [0.25, 0.3) is 0 Å². The second-order valence-corrected chi connectivity index (χ2v) is 5.03. The summed E-state index contributed by atoms with van der Waals surface area (Å²) in [4.78, 5) is 9.17. The lowest BCUT2D eigenvalue weighted by molar-refractivity contribution is 0.660. The summed E-state index contributed by atoms with van der Waals surface area (Å²) in [6.07, 6.45) is 5.75. The minimum Gasteiger partial charge on any atom is -0.372 e. The Morgan fingerprint density at radius 3 is 2.68 bits per heavy atom. The molecule has 0 unspecified atom stereocenters. The topological polar surface area (TPSA) is 55.6 Å². The third kappa shape index (κ3) is 2.94. The second kappa shape index (κ2) is 6.14. The fourth-order valence-electron chi connectivity index (χ4n) is 1.84. The van der Waals surface area contributed by atoms with Crippen molar-refractivity contribution in [1.29, 1.82) is 0 Å². The van der Waals surface area contributed by atoms with Gasteiger partial charge in [-0.25, -0.2) is 9.97 Å². The molecule has 0 amide bonds. The van der Waals surface area contributed by atoms with Gasteiger partial charge >= 0.3 is 0 Å². The molecule has 0 spiro atoms. The summed E-state index contributed by atoms with van der Waals surface area (Å²) in [5.74, 6) is 1.54. The average molecular weight is 324 g/mol. The zero-order valence-electron chi connectivity index (χ0n) is 11.4. The van der Waals surface area contributed by atoms with E-state index in [1.807, 2.05) is 24.1 Å². The monoisotopic (exact) mass is 323 g/mol. The third-order valence-electron chi connectivity index (χ3n) is 2.86. The molecular formula is C13H18BrN5. The van der Waals surface area contributed by atoms with Crippen LogP contribution in [0.5, 0.6) is 0 Å². The van der Waals surface area contributed by atoms with Crippen molar-refractivity contribution in [1.82, 2.24) is 19.7 Å². The lowest BCUT2D eigenvalue weighted by Crippen LogP contribution is -2.03. The standard InChI is InChI=1S/C13H18BrN5/c1-4-6-10-11(14)13(15-3)18-12(17-10)9-7-16-19(5-2)8-9/h7-8H,4-6H2,1-3H3,(H,15,17,18). The zero-order valence-corrected chi connectivity index (χ0v) is 13.0. The van der Waals surface area contributed by atoms with Crippen LogP contribution in [0.4, 0.5) is 5.82 Å². The van der Waals surface area contributed by atoms with Crippen LogP contribution in [-0.4, -0.2) is 26.8 Å². The molecule has 2 aromatic rings. The van der Waals surface area contributed by atoms with E-state index in [-0.39, 0.29) is 0 Å². The van der Waals surface area contributed by atoms with Gasteiger partial charge in [0.05, 0.1) is 21.9 Å². The molecule has 0 saturated heterocycles. The van der Waals surface area contributed by atoms with Crippen LogP contribution in [0, 0.1) is 0 Å². The Labute approximate surface area is 121 Å². The minimum atomic E-state index is 0.718. The summed E-state index contributed by atoms with van der Waals surface area (Å²) in [6, 6.07) is 0. The van der Waals surface area contributed by atoms with E-state index in [4.69, 9.17) is 0 Å². The van der Waals surface area contributed by atoms with Crippen LogP contribution < -0.4 is 5.32 Å². The number of anilines is 1. The van der Waals surface area contributed by atoms with Crippen molar-refractivity contribution >= 4 is 21.7 Å². The predicted molar refractivity (Wildman–Crippen MR) is 80.2 cm³/mol. The highest BCUT2D eigenvalue weighted by atomic mass is 79.9. The van der Waals surface area contributed by atoms with Gasteiger partial charge in [-0.2, -0.15) is 5.10 Å². The number of rotatable bonds is 5. The minimum absolute atomic E-state index is 0.718. The average Bonchev–Trinajstić information content (AvgIpc) is 2.90. The normalized spacial score (nSPS) is 10.7. The summed E-state index contributed by atoms with van der Waals surface area (Å²) >= 11 is 3.56. The van der Waals surface area contributed by atoms with Crippen LogP contribution in [0.25, 0.3) is 11.4 Å². The van der Waals surface area contributed by atoms with Crippen LogP contribution in [0.1, 0.15) is 26.0 Å². The van der Waals surface area contributed by atoms with E-state index in [9.17, 15) is 0 Å². The van der Waals surface area contributed by atoms with Gasteiger partial charge in [-0.3, -0.25) is 4.68 Å². The second-order valence-electron chi connectivity index (χ2n) is 4.24. The fraction of sp³-hybridized carbons (Fsp3) is 0.462. The molecule has 0 saturated carbocycles. The molecule has 0 fully saturated rings. The van der Waals surface area contributed by atoms with Gasteiger partial charge < -0.3 is 5.32 Å². The van der Waals surface area contributed by atoms with E-state index < -0.39 is 0 Å². The number of aromatic nitrogens is 4. The first-order chi connectivity index (χ1) is 9.19. The van der Waals surface area contributed by atoms with Gasteiger partial charge in [-0.05, 0) is 29.3 Å². The first-order valence-electron chi connectivity index (χ1n) is 6.46. The molecule has 6 heteroatoms. The van der Waals surface area contributed by atoms with Crippen LogP contribution in [-0.2, 0) is 13.0 Å². The maximum absolute atomic E-state index is 4.64. The van der Waals surface area contributed by atoms with Crippen LogP contribution in [0.15, 0.2) is 16.9 Å². The molecule has 0 aliphatic heterocycles. The Bertz CT molecular complexity index is 564. The maximum Gasteiger partial charge on any atom is 0.165 e. The van der Waals surface area contributed by atoms with E-state index >= 15 is 0 Å². The molecule has 0 bridgehead atoms. The lowest BCUT2D eigenvalue weighted by Gasteiger charge is -2.09. The van der Waals surface area contributed by atoms with Gasteiger partial charge in [-0.15, -0.1) is 0 Å². The van der Waals surface area contributed by atoms with E-state index in [2.05, 4.69) is 50.2 Å². The highest BCUT2D eigenvalue weighted by molar-refractivity contribution is 9.10. The van der Waals surface area contributed by atoms with Gasteiger partial charge in [0.1, 0.15) is 5.82 Å². The molecule has 0 atom stereocenters. The van der Waals surface area contributed by atoms with Crippen molar-refractivity contribution < 1.29 is 0 Å². The van der Waals surface area contributed by atoms with Crippen molar-refractivity contribution in [3.8, 4) is 11.4 Å². The van der Waals surface area contributed by atoms with Crippen LogP contribution >= 0.6 is 15.9 Å². The highest BCUT2D eigenvalue weighted by Gasteiger charge is 2.13. The Morgan fingerprint density at radius 1 is 1.32 bits per heavy atom. The molecule has 1 N–H and O–H groups in total. The molecule has 19 heavy (non-hydrogen) atoms. The largest absolute Gasteiger partial charge is 0.372 e. The smallest absolute Gasteiger partial charge is 0.165 e. The third-order valence-corrected chi connectivity index (χ3v) is 3.69. The maximum atomic E-state index is 4.64. The van der Waals surface area contributed by atoms with Crippen LogP contribution in [0.3, 0.4) is 0 Å². The van der Waals surface area contributed by atoms with Crippen molar-refractivity contribution in [3.05, 3.63) is 22.6 Å². The molecule has 2 rings (SSSR count). The molecule has 2 heterocycles. The summed E-state index contributed by atoms with van der Waals surface area (Å²) in [7, 11) is 1.86. The number of halogens is 1. The van der Waals surface area contributed by atoms with E-state index in [1.54, 1.807) is 0 Å². The molecule has 2 aromatic heterocycles. The Kier molecular flexibility index (Phi) is 4.52. The van der Waals surface area contributed by atoms with Gasteiger partial charge in [0.15, 0.2) is 5.82 Å². The molecular weight excluding hydrogens is 306 g/mol. The first-order valence-corrected chi connectivity index (χ1v) is 7.25. The van der Waals surface area contributed by atoms with Crippen molar-refractivity contribution in [2.24, 2.45) is 0 Å². The van der Waals surface area contributed by atoms with Gasteiger partial charge in [0.2, 0.25) is 0 Å². The SMILES string of the molecule is CCCc1nc(-c2cnn(CC)c2)nc(NC)c1Br. The Morgan fingerprint density at radius 2 is 2.11 bits per heavy atom. The fourth-order valence-corrected chi connectivity index (χ4v) is 2.42. The summed E-state index contributed by atoms with van der Waals surface area (Å²) in [6.45, 7) is 5.04. The number of aryl methyl sites for hydroxylation is 2. The molecule has 0 aromatic carbocycles. The highest BCUT2D eigenvalue weighted by Crippen LogP contribution is 2.27. The molecule has 5 nitrogen and oxygen atoms in total.